The molecule has 0 fully saturated rings. The maximum atomic E-state index is 13.1. The lowest BCUT2D eigenvalue weighted by atomic mass is 10.2. The van der Waals surface area contributed by atoms with Crippen molar-refractivity contribution in [3.63, 3.8) is 0 Å². The highest BCUT2D eigenvalue weighted by atomic mass is 32.2. The Morgan fingerprint density at radius 2 is 1.67 bits per heavy atom. The van der Waals surface area contributed by atoms with Crippen LogP contribution in [-0.4, -0.2) is 43.5 Å². The van der Waals surface area contributed by atoms with Crippen LogP contribution in [0.25, 0.3) is 11.0 Å². The molecule has 0 spiro atoms. The molecule has 0 saturated heterocycles. The first-order chi connectivity index (χ1) is 12.9. The fourth-order valence-corrected chi connectivity index (χ4v) is 4.33. The lowest BCUT2D eigenvalue weighted by molar-refractivity contribution is 0.353. The van der Waals surface area contributed by atoms with Crippen molar-refractivity contribution in [1.29, 1.82) is 0 Å². The molecule has 0 atom stereocenters. The molecular weight excluding hydrogens is 370 g/mol. The molecule has 0 bridgehead atoms. The van der Waals surface area contributed by atoms with Crippen molar-refractivity contribution in [2.75, 3.05) is 20.8 Å². The van der Waals surface area contributed by atoms with Crippen LogP contribution in [0.5, 0.6) is 11.5 Å². The lowest BCUT2D eigenvalue weighted by Crippen LogP contribution is -2.30. The number of hydrogen-bond acceptors (Lipinski definition) is 5. The normalized spacial score (nSPS) is 11.9. The van der Waals surface area contributed by atoms with Crippen LogP contribution in [-0.2, 0) is 16.6 Å². The van der Waals surface area contributed by atoms with E-state index in [9.17, 15) is 13.2 Å². The Bertz CT molecular complexity index is 1120. The van der Waals surface area contributed by atoms with Crippen LogP contribution in [0, 0.1) is 0 Å². The van der Waals surface area contributed by atoms with Crippen LogP contribution in [0.1, 0.15) is 12.5 Å². The zero-order valence-electron chi connectivity index (χ0n) is 15.3. The summed E-state index contributed by atoms with van der Waals surface area (Å²) in [5.74, 6) is 1.11. The molecule has 0 unspecified atom stereocenters. The summed E-state index contributed by atoms with van der Waals surface area (Å²) >= 11 is 0. The minimum atomic E-state index is -3.74. The van der Waals surface area contributed by atoms with Gasteiger partial charge in [-0.3, -0.25) is 0 Å². The Balaban J connectivity index is 1.94. The van der Waals surface area contributed by atoms with E-state index in [1.165, 1.54) is 23.5 Å². The van der Waals surface area contributed by atoms with Crippen LogP contribution in [0.4, 0.5) is 0 Å². The van der Waals surface area contributed by atoms with Gasteiger partial charge < -0.3 is 19.4 Å². The van der Waals surface area contributed by atoms with Crippen molar-refractivity contribution in [2.45, 2.75) is 18.4 Å². The highest BCUT2D eigenvalue weighted by molar-refractivity contribution is 7.89. The minimum absolute atomic E-state index is 0.118. The zero-order valence-corrected chi connectivity index (χ0v) is 16.1. The number of nitrogens with one attached hydrogen (secondary N) is 2. The van der Waals surface area contributed by atoms with Crippen LogP contribution in [0.2, 0.25) is 0 Å². The first-order valence-corrected chi connectivity index (χ1v) is 9.76. The highest BCUT2D eigenvalue weighted by Gasteiger charge is 2.24. The largest absolute Gasteiger partial charge is 0.493 e. The predicted molar refractivity (Wildman–Crippen MR) is 102 cm³/mol. The van der Waals surface area contributed by atoms with Gasteiger partial charge in [-0.25, -0.2) is 13.2 Å². The van der Waals surface area contributed by atoms with Crippen molar-refractivity contribution in [2.24, 2.45) is 0 Å². The number of rotatable bonds is 7. The van der Waals surface area contributed by atoms with E-state index in [1.54, 1.807) is 38.3 Å². The van der Waals surface area contributed by atoms with Crippen molar-refractivity contribution < 1.29 is 17.9 Å². The number of methoxy groups -OCH3 is 2. The van der Waals surface area contributed by atoms with Gasteiger partial charge >= 0.3 is 5.69 Å². The van der Waals surface area contributed by atoms with Crippen molar-refractivity contribution in [1.82, 2.24) is 14.3 Å². The van der Waals surface area contributed by atoms with E-state index < -0.39 is 10.0 Å². The molecule has 2 aromatic carbocycles. The summed E-state index contributed by atoms with van der Waals surface area (Å²) in [7, 11) is -0.667. The molecule has 0 aliphatic rings. The number of imidazole rings is 1. The van der Waals surface area contributed by atoms with Gasteiger partial charge in [0.05, 0.1) is 30.1 Å². The second-order valence-electron chi connectivity index (χ2n) is 5.91. The van der Waals surface area contributed by atoms with Gasteiger partial charge in [-0.15, -0.1) is 0 Å². The molecule has 0 radical (unpaired) electrons. The quantitative estimate of drug-likeness (QED) is 0.642. The molecule has 0 saturated carbocycles. The molecule has 9 heteroatoms. The number of H-pyrrole nitrogens is 2. The molecule has 2 N–H and O–H groups in total. The second kappa shape index (κ2) is 7.45. The van der Waals surface area contributed by atoms with E-state index in [-0.39, 0.29) is 17.1 Å². The maximum absolute atomic E-state index is 13.1. The monoisotopic (exact) mass is 391 g/mol. The maximum Gasteiger partial charge on any atom is 0.323 e. The Morgan fingerprint density at radius 3 is 2.33 bits per heavy atom. The second-order valence-corrected chi connectivity index (χ2v) is 7.84. The first kappa shape index (κ1) is 19.0. The van der Waals surface area contributed by atoms with Gasteiger partial charge in [-0.2, -0.15) is 4.31 Å². The van der Waals surface area contributed by atoms with Gasteiger partial charge in [0.15, 0.2) is 11.5 Å². The average molecular weight is 391 g/mol. The minimum Gasteiger partial charge on any atom is -0.493 e. The predicted octanol–water partition coefficient (Wildman–Crippen LogP) is 2.08. The topological polar surface area (TPSA) is 104 Å². The van der Waals surface area contributed by atoms with E-state index in [4.69, 9.17) is 9.47 Å². The van der Waals surface area contributed by atoms with E-state index in [0.29, 0.717) is 29.1 Å². The third kappa shape index (κ3) is 3.69. The van der Waals surface area contributed by atoms with Crippen LogP contribution in [0.3, 0.4) is 0 Å². The molecule has 3 aromatic rings. The smallest absolute Gasteiger partial charge is 0.323 e. The van der Waals surface area contributed by atoms with Crippen molar-refractivity contribution >= 4 is 21.1 Å². The number of aromatic nitrogens is 2. The fourth-order valence-electron chi connectivity index (χ4n) is 2.87. The lowest BCUT2D eigenvalue weighted by Gasteiger charge is -2.21. The van der Waals surface area contributed by atoms with Crippen LogP contribution in [0.15, 0.2) is 46.1 Å². The van der Waals surface area contributed by atoms with Crippen molar-refractivity contribution in [3.8, 4) is 11.5 Å². The highest BCUT2D eigenvalue weighted by Crippen LogP contribution is 2.29. The molecule has 3 rings (SSSR count). The standard InChI is InChI=1S/C18H21N3O5S/c1-4-21(11-12-5-8-16(25-2)17(9-12)26-3)27(23,24)13-6-7-14-15(10-13)20-18(22)19-14/h5-10H,4,11H2,1-3H3,(H2,19,20,22). The molecule has 1 heterocycles. The summed E-state index contributed by atoms with van der Waals surface area (Å²) in [4.78, 5) is 16.7. The van der Waals surface area contributed by atoms with E-state index in [0.717, 1.165) is 5.56 Å². The Hall–Kier alpha value is -2.78. The Labute approximate surface area is 156 Å². The molecule has 1 aromatic heterocycles. The third-order valence-corrected chi connectivity index (χ3v) is 6.20. The SMILES string of the molecule is CCN(Cc1ccc(OC)c(OC)c1)S(=O)(=O)c1ccc2[nH]c(=O)[nH]c2c1. The number of hydrogen-bond donors (Lipinski definition) is 2. The number of benzene rings is 2. The number of fused-ring (bicyclic) bond motifs is 1. The summed E-state index contributed by atoms with van der Waals surface area (Å²) < 4.78 is 38.0. The van der Waals surface area contributed by atoms with Gasteiger partial charge in [0.25, 0.3) is 0 Å². The van der Waals surface area contributed by atoms with Crippen LogP contribution >= 0.6 is 0 Å². The number of ether oxygens (including phenoxy) is 2. The van der Waals surface area contributed by atoms with Gasteiger partial charge in [0.2, 0.25) is 10.0 Å². The summed E-state index contributed by atoms with van der Waals surface area (Å²) in [6, 6.07) is 9.81. The van der Waals surface area contributed by atoms with Gasteiger partial charge in [-0.1, -0.05) is 13.0 Å². The molecular formula is C18H21N3O5S. The van der Waals surface area contributed by atoms with E-state index in [1.807, 2.05) is 0 Å². The zero-order chi connectivity index (χ0) is 19.6. The molecule has 0 amide bonds. The summed E-state index contributed by atoms with van der Waals surface area (Å²) in [6.45, 7) is 2.24. The number of aromatic amines is 2. The number of sulfonamides is 1. The number of nitrogens with zero attached hydrogens (tertiary/aromatic N) is 1. The first-order valence-electron chi connectivity index (χ1n) is 8.32. The molecule has 8 nitrogen and oxygen atoms in total. The summed E-state index contributed by atoms with van der Waals surface area (Å²) in [6.07, 6.45) is 0. The van der Waals surface area contributed by atoms with E-state index >= 15 is 0 Å². The van der Waals surface area contributed by atoms with Crippen molar-refractivity contribution in [3.05, 3.63) is 52.4 Å². The molecule has 27 heavy (non-hydrogen) atoms. The van der Waals surface area contributed by atoms with Gasteiger partial charge in [0, 0.05) is 13.1 Å². The summed E-state index contributed by atoms with van der Waals surface area (Å²) in [5.41, 5.74) is 1.40. The fraction of sp³-hybridized carbons (Fsp3) is 0.278. The van der Waals surface area contributed by atoms with Gasteiger partial charge in [0.1, 0.15) is 0 Å². The van der Waals surface area contributed by atoms with Gasteiger partial charge in [-0.05, 0) is 35.9 Å². The van der Waals surface area contributed by atoms with E-state index in [2.05, 4.69) is 9.97 Å². The Kier molecular flexibility index (Phi) is 5.24. The average Bonchev–Trinajstić information content (AvgIpc) is 3.04. The molecule has 144 valence electrons. The summed E-state index contributed by atoms with van der Waals surface area (Å²) in [5, 5.41) is 0. The molecule has 0 aliphatic heterocycles. The Morgan fingerprint density at radius 1 is 0.963 bits per heavy atom. The van der Waals surface area contributed by atoms with Crippen LogP contribution < -0.4 is 15.2 Å². The molecule has 0 aliphatic carbocycles. The third-order valence-electron chi connectivity index (χ3n) is 4.28.